The van der Waals surface area contributed by atoms with Crippen molar-refractivity contribution in [1.29, 1.82) is 0 Å². The fraction of sp³-hybridized carbons (Fsp3) is 0.571. The molecule has 5 heteroatoms. The van der Waals surface area contributed by atoms with Gasteiger partial charge in [-0.05, 0) is 50.2 Å². The van der Waals surface area contributed by atoms with Crippen molar-refractivity contribution in [1.82, 2.24) is 4.72 Å². The number of hydrogen-bond donors (Lipinski definition) is 1. The van der Waals surface area contributed by atoms with Gasteiger partial charge in [-0.2, -0.15) is 0 Å². The van der Waals surface area contributed by atoms with Crippen molar-refractivity contribution < 1.29 is 8.42 Å². The van der Waals surface area contributed by atoms with Crippen LogP contribution < -0.4 is 4.72 Å². The van der Waals surface area contributed by atoms with Gasteiger partial charge in [-0.15, -0.1) is 0 Å². The maximum Gasteiger partial charge on any atom is 0.240 e. The van der Waals surface area contributed by atoms with Gasteiger partial charge in [0.15, 0.2) is 0 Å². The second kappa shape index (κ2) is 6.37. The van der Waals surface area contributed by atoms with E-state index in [1.165, 1.54) is 0 Å². The second-order valence-electron chi connectivity index (χ2n) is 5.24. The average Bonchev–Trinajstić information content (AvgIpc) is 2.38. The molecular weight excluding hydrogens is 326 g/mol. The first kappa shape index (κ1) is 15.0. The van der Waals surface area contributed by atoms with E-state index in [-0.39, 0.29) is 0 Å². The highest BCUT2D eigenvalue weighted by Gasteiger charge is 2.22. The quantitative estimate of drug-likeness (QED) is 0.851. The molecule has 1 aliphatic carbocycles. The Hall–Kier alpha value is -0.390. The van der Waals surface area contributed by atoms with Crippen molar-refractivity contribution in [3.05, 3.63) is 29.8 Å². The molecule has 1 saturated carbocycles. The number of alkyl halides is 1. The van der Waals surface area contributed by atoms with E-state index in [9.17, 15) is 8.42 Å². The summed E-state index contributed by atoms with van der Waals surface area (Å²) in [6.45, 7) is 2.38. The SMILES string of the molecule is Cc1ccccc1S(=O)(=O)NCC1CCC(Br)CC1. The smallest absolute Gasteiger partial charge is 0.211 e. The zero-order chi connectivity index (χ0) is 13.9. The van der Waals surface area contributed by atoms with Crippen molar-refractivity contribution in [3.63, 3.8) is 0 Å². The lowest BCUT2D eigenvalue weighted by molar-refractivity contribution is 0.366. The van der Waals surface area contributed by atoms with Crippen molar-refractivity contribution in [2.45, 2.75) is 42.3 Å². The molecule has 0 spiro atoms. The molecule has 3 nitrogen and oxygen atoms in total. The predicted molar refractivity (Wildman–Crippen MR) is 81.0 cm³/mol. The van der Waals surface area contributed by atoms with Gasteiger partial charge in [0.05, 0.1) is 4.90 Å². The maximum atomic E-state index is 12.2. The summed E-state index contributed by atoms with van der Waals surface area (Å²) < 4.78 is 27.2. The lowest BCUT2D eigenvalue weighted by atomic mass is 9.89. The van der Waals surface area contributed by atoms with Crippen molar-refractivity contribution in [2.75, 3.05) is 6.54 Å². The molecule has 2 rings (SSSR count). The van der Waals surface area contributed by atoms with Gasteiger partial charge >= 0.3 is 0 Å². The number of aryl methyl sites for hydroxylation is 1. The van der Waals surface area contributed by atoms with Gasteiger partial charge in [-0.3, -0.25) is 0 Å². The molecule has 0 atom stereocenters. The largest absolute Gasteiger partial charge is 0.240 e. The molecule has 0 bridgehead atoms. The van der Waals surface area contributed by atoms with Gasteiger partial charge in [-0.25, -0.2) is 13.1 Å². The summed E-state index contributed by atoms with van der Waals surface area (Å²) in [5.41, 5.74) is 0.791. The highest BCUT2D eigenvalue weighted by atomic mass is 79.9. The molecule has 0 radical (unpaired) electrons. The number of benzene rings is 1. The topological polar surface area (TPSA) is 46.2 Å². The Morgan fingerprint density at radius 2 is 1.84 bits per heavy atom. The van der Waals surface area contributed by atoms with Crippen LogP contribution in [0.4, 0.5) is 0 Å². The predicted octanol–water partition coefficient (Wildman–Crippen LogP) is 3.23. The van der Waals surface area contributed by atoms with Crippen molar-refractivity contribution in [3.8, 4) is 0 Å². The third-order valence-electron chi connectivity index (χ3n) is 3.72. The second-order valence-corrected chi connectivity index (χ2v) is 8.27. The van der Waals surface area contributed by atoms with Gasteiger partial charge in [0.2, 0.25) is 10.0 Å². The molecule has 0 unspecified atom stereocenters. The fourth-order valence-corrected chi connectivity index (χ4v) is 4.38. The fourth-order valence-electron chi connectivity index (χ4n) is 2.49. The van der Waals surface area contributed by atoms with E-state index in [1.54, 1.807) is 12.1 Å². The third-order valence-corrected chi connectivity index (χ3v) is 6.22. The zero-order valence-electron chi connectivity index (χ0n) is 11.1. The van der Waals surface area contributed by atoms with E-state index in [4.69, 9.17) is 0 Å². The summed E-state index contributed by atoms with van der Waals surface area (Å²) in [6.07, 6.45) is 4.45. The van der Waals surface area contributed by atoms with Gasteiger partial charge in [0.1, 0.15) is 0 Å². The van der Waals surface area contributed by atoms with Crippen molar-refractivity contribution >= 4 is 26.0 Å². The first-order chi connectivity index (χ1) is 8.99. The van der Waals surface area contributed by atoms with Crippen LogP contribution in [0.3, 0.4) is 0 Å². The molecule has 106 valence electrons. The van der Waals surface area contributed by atoms with E-state index in [1.807, 2.05) is 19.1 Å². The van der Waals surface area contributed by atoms with Crippen LogP contribution in [0.5, 0.6) is 0 Å². The summed E-state index contributed by atoms with van der Waals surface area (Å²) in [6, 6.07) is 7.10. The lowest BCUT2D eigenvalue weighted by Crippen LogP contribution is -2.31. The number of halogens is 1. The van der Waals surface area contributed by atoms with Gasteiger partial charge in [0, 0.05) is 11.4 Å². The lowest BCUT2D eigenvalue weighted by Gasteiger charge is -2.25. The Bertz CT molecular complexity index is 522. The highest BCUT2D eigenvalue weighted by Crippen LogP contribution is 2.28. The van der Waals surface area contributed by atoms with Crippen LogP contribution in [-0.2, 0) is 10.0 Å². The van der Waals surface area contributed by atoms with Crippen LogP contribution in [0.25, 0.3) is 0 Å². The van der Waals surface area contributed by atoms with Crippen LogP contribution in [0.15, 0.2) is 29.2 Å². The molecule has 19 heavy (non-hydrogen) atoms. The summed E-state index contributed by atoms with van der Waals surface area (Å²) in [7, 11) is -3.37. The molecular formula is C14H20BrNO2S. The zero-order valence-corrected chi connectivity index (χ0v) is 13.5. The Morgan fingerprint density at radius 1 is 1.21 bits per heavy atom. The number of nitrogens with one attached hydrogen (secondary N) is 1. The van der Waals surface area contributed by atoms with Gasteiger partial charge < -0.3 is 0 Å². The van der Waals surface area contributed by atoms with Crippen LogP contribution in [0, 0.1) is 12.8 Å². The monoisotopic (exact) mass is 345 g/mol. The Kier molecular flexibility index (Phi) is 5.03. The summed E-state index contributed by atoms with van der Waals surface area (Å²) in [4.78, 5) is 1.00. The Balaban J connectivity index is 1.97. The van der Waals surface area contributed by atoms with Gasteiger partial charge in [0.25, 0.3) is 0 Å². The summed E-state index contributed by atoms with van der Waals surface area (Å²) in [5, 5.41) is 0. The minimum absolute atomic E-state index is 0.393. The van der Waals surface area contributed by atoms with E-state index < -0.39 is 10.0 Å². The molecule has 0 aliphatic heterocycles. The van der Waals surface area contributed by atoms with Crippen LogP contribution in [0.2, 0.25) is 0 Å². The Morgan fingerprint density at radius 3 is 2.47 bits per heavy atom. The Labute approximate surface area is 124 Å². The highest BCUT2D eigenvalue weighted by molar-refractivity contribution is 9.09. The van der Waals surface area contributed by atoms with E-state index in [2.05, 4.69) is 20.7 Å². The third kappa shape index (κ3) is 4.04. The minimum atomic E-state index is -3.37. The van der Waals surface area contributed by atoms with Crippen LogP contribution >= 0.6 is 15.9 Å². The van der Waals surface area contributed by atoms with Crippen molar-refractivity contribution in [2.24, 2.45) is 5.92 Å². The van der Waals surface area contributed by atoms with Gasteiger partial charge in [-0.1, -0.05) is 34.1 Å². The minimum Gasteiger partial charge on any atom is -0.211 e. The molecule has 1 N–H and O–H groups in total. The molecule has 0 amide bonds. The molecule has 0 heterocycles. The number of sulfonamides is 1. The maximum absolute atomic E-state index is 12.2. The molecule has 0 saturated heterocycles. The van der Waals surface area contributed by atoms with E-state index in [0.717, 1.165) is 31.2 Å². The van der Waals surface area contributed by atoms with Crippen LogP contribution in [-0.4, -0.2) is 19.8 Å². The molecule has 1 fully saturated rings. The number of hydrogen-bond acceptors (Lipinski definition) is 2. The molecule has 1 aromatic carbocycles. The number of rotatable bonds is 4. The normalized spacial score (nSPS) is 24.3. The molecule has 1 aliphatic rings. The summed E-state index contributed by atoms with van der Waals surface area (Å²) in [5.74, 6) is 0.465. The first-order valence-corrected chi connectivity index (χ1v) is 9.08. The summed E-state index contributed by atoms with van der Waals surface area (Å²) >= 11 is 3.61. The first-order valence-electron chi connectivity index (χ1n) is 6.68. The average molecular weight is 346 g/mol. The van der Waals surface area contributed by atoms with Crippen LogP contribution in [0.1, 0.15) is 31.2 Å². The standard InChI is InChI=1S/C14H20BrNO2S/c1-11-4-2-3-5-14(11)19(17,18)16-10-12-6-8-13(15)9-7-12/h2-5,12-13,16H,6-10H2,1H3. The van der Waals surface area contributed by atoms with E-state index >= 15 is 0 Å². The molecule has 1 aromatic rings. The van der Waals surface area contributed by atoms with E-state index in [0.29, 0.717) is 22.2 Å². The molecule has 0 aromatic heterocycles.